The van der Waals surface area contributed by atoms with Crippen molar-refractivity contribution in [2.24, 2.45) is 10.7 Å². The molecule has 8 heteroatoms. The van der Waals surface area contributed by atoms with E-state index in [9.17, 15) is 18.0 Å². The molecule has 5 rings (SSSR count). The molecule has 0 radical (unpaired) electrons. The zero-order valence-corrected chi connectivity index (χ0v) is 18.2. The smallest absolute Gasteiger partial charge is 0.420 e. The van der Waals surface area contributed by atoms with E-state index in [4.69, 9.17) is 10.7 Å². The first kappa shape index (κ1) is 22.3. The molecule has 0 bridgehead atoms. The molecule has 1 aliphatic heterocycles. The molecular formula is C27H18F3N3O2. The average molecular weight is 473 g/mol. The number of hydrogen-bond donors (Lipinski definition) is 1. The largest absolute Gasteiger partial charge is 0.491 e. The van der Waals surface area contributed by atoms with Crippen LogP contribution in [-0.2, 0) is 10.3 Å². The van der Waals surface area contributed by atoms with Crippen molar-refractivity contribution < 1.29 is 22.7 Å². The molecule has 4 aromatic rings. The van der Waals surface area contributed by atoms with Crippen molar-refractivity contribution in [3.8, 4) is 16.9 Å². The molecule has 2 heterocycles. The van der Waals surface area contributed by atoms with Crippen molar-refractivity contribution in [2.75, 3.05) is 0 Å². The van der Waals surface area contributed by atoms with Crippen LogP contribution in [0.15, 0.2) is 102 Å². The summed E-state index contributed by atoms with van der Waals surface area (Å²) in [4.78, 5) is 20.3. The molecule has 174 valence electrons. The Morgan fingerprint density at radius 2 is 1.60 bits per heavy atom. The summed E-state index contributed by atoms with van der Waals surface area (Å²) >= 11 is 0. The standard InChI is InChI=1S/C27H18F3N3O2/c28-27(29,30)25(34)35-21-12-10-19(11-13-21)26(23-9-2-1-8-22(23)24(31)33-26)20-7-3-5-17(15-20)18-6-4-14-32-16-18/h1-16H,(H2,31,33). The van der Waals surface area contributed by atoms with Crippen LogP contribution in [0.2, 0.25) is 0 Å². The summed E-state index contributed by atoms with van der Waals surface area (Å²) < 4.78 is 42.3. The number of fused-ring (bicyclic) bond motifs is 1. The maximum absolute atomic E-state index is 12.6. The van der Waals surface area contributed by atoms with Crippen molar-refractivity contribution in [3.05, 3.63) is 120 Å². The first-order chi connectivity index (χ1) is 16.8. The summed E-state index contributed by atoms with van der Waals surface area (Å²) in [6.45, 7) is 0. The second-order valence-electron chi connectivity index (χ2n) is 7.99. The molecule has 0 amide bonds. The number of hydrogen-bond acceptors (Lipinski definition) is 5. The Morgan fingerprint density at radius 3 is 2.31 bits per heavy atom. The van der Waals surface area contributed by atoms with Gasteiger partial charge in [-0.1, -0.05) is 60.7 Å². The molecular weight excluding hydrogens is 455 g/mol. The maximum atomic E-state index is 12.6. The lowest BCUT2D eigenvalue weighted by Gasteiger charge is -2.29. The fourth-order valence-corrected chi connectivity index (χ4v) is 4.32. The van der Waals surface area contributed by atoms with Crippen LogP contribution in [0.4, 0.5) is 13.2 Å². The lowest BCUT2D eigenvalue weighted by atomic mass is 9.77. The number of pyridine rings is 1. The molecule has 3 aromatic carbocycles. The van der Waals surface area contributed by atoms with Crippen LogP contribution in [-0.4, -0.2) is 23.0 Å². The number of halogens is 3. The summed E-state index contributed by atoms with van der Waals surface area (Å²) in [6, 6.07) is 24.9. The van der Waals surface area contributed by atoms with Crippen LogP contribution in [0.1, 0.15) is 22.3 Å². The van der Waals surface area contributed by atoms with Gasteiger partial charge >= 0.3 is 12.1 Å². The Labute approximate surface area is 198 Å². The zero-order chi connectivity index (χ0) is 24.6. The second kappa shape index (κ2) is 8.39. The van der Waals surface area contributed by atoms with Gasteiger partial charge in [0.2, 0.25) is 0 Å². The van der Waals surface area contributed by atoms with E-state index in [0.29, 0.717) is 11.4 Å². The number of nitrogens with zero attached hydrogens (tertiary/aromatic N) is 2. The fourth-order valence-electron chi connectivity index (χ4n) is 4.32. The number of rotatable bonds is 4. The van der Waals surface area contributed by atoms with Gasteiger partial charge in [0.05, 0.1) is 0 Å². The third kappa shape index (κ3) is 3.93. The number of aromatic nitrogens is 1. The molecule has 1 unspecified atom stereocenters. The number of alkyl halides is 3. The Balaban J connectivity index is 1.65. The number of carbonyl (C=O) groups excluding carboxylic acids is 1. The van der Waals surface area contributed by atoms with Crippen molar-refractivity contribution in [2.45, 2.75) is 11.7 Å². The molecule has 1 atom stereocenters. The Morgan fingerprint density at radius 1 is 0.857 bits per heavy atom. The van der Waals surface area contributed by atoms with Crippen molar-refractivity contribution in [1.29, 1.82) is 0 Å². The molecule has 2 N–H and O–H groups in total. The predicted octanol–water partition coefficient (Wildman–Crippen LogP) is 5.23. The molecule has 0 aliphatic carbocycles. The van der Waals surface area contributed by atoms with E-state index < -0.39 is 17.7 Å². The van der Waals surface area contributed by atoms with E-state index in [1.54, 1.807) is 24.5 Å². The van der Waals surface area contributed by atoms with Gasteiger partial charge in [0.25, 0.3) is 0 Å². The minimum Gasteiger partial charge on any atom is -0.420 e. The number of benzene rings is 3. The highest BCUT2D eigenvalue weighted by Crippen LogP contribution is 2.46. The molecule has 35 heavy (non-hydrogen) atoms. The summed E-state index contributed by atoms with van der Waals surface area (Å²) in [7, 11) is 0. The summed E-state index contributed by atoms with van der Waals surface area (Å²) in [5, 5.41) is 0. The normalized spacial score (nSPS) is 16.9. The van der Waals surface area contributed by atoms with Crippen molar-refractivity contribution in [3.63, 3.8) is 0 Å². The van der Waals surface area contributed by atoms with E-state index in [2.05, 4.69) is 9.72 Å². The zero-order valence-electron chi connectivity index (χ0n) is 18.2. The molecule has 0 saturated carbocycles. The number of esters is 1. The van der Waals surface area contributed by atoms with Gasteiger partial charge in [0, 0.05) is 18.0 Å². The Bertz CT molecular complexity index is 1430. The molecule has 0 spiro atoms. The minimum absolute atomic E-state index is 0.224. The summed E-state index contributed by atoms with van der Waals surface area (Å²) in [6.07, 6.45) is -1.63. The van der Waals surface area contributed by atoms with Gasteiger partial charge in [-0.2, -0.15) is 13.2 Å². The fraction of sp³-hybridized carbons (Fsp3) is 0.0741. The highest BCUT2D eigenvalue weighted by Gasteiger charge is 2.44. The molecule has 0 saturated heterocycles. The quantitative estimate of drug-likeness (QED) is 0.325. The van der Waals surface area contributed by atoms with Crippen LogP contribution < -0.4 is 10.5 Å². The van der Waals surface area contributed by atoms with Gasteiger partial charge in [0.1, 0.15) is 17.1 Å². The second-order valence-corrected chi connectivity index (χ2v) is 7.99. The van der Waals surface area contributed by atoms with Crippen molar-refractivity contribution >= 4 is 11.8 Å². The van der Waals surface area contributed by atoms with Crippen LogP contribution in [0.5, 0.6) is 5.75 Å². The van der Waals surface area contributed by atoms with E-state index in [0.717, 1.165) is 27.8 Å². The number of nitrogens with two attached hydrogens (primary N) is 1. The Kier molecular flexibility index (Phi) is 5.36. The van der Waals surface area contributed by atoms with Gasteiger partial charge < -0.3 is 10.5 Å². The van der Waals surface area contributed by atoms with Crippen LogP contribution in [0.25, 0.3) is 11.1 Å². The Hall–Kier alpha value is -4.46. The topological polar surface area (TPSA) is 77.6 Å². The van der Waals surface area contributed by atoms with E-state index in [1.165, 1.54) is 12.1 Å². The first-order valence-corrected chi connectivity index (χ1v) is 10.6. The van der Waals surface area contributed by atoms with Gasteiger partial charge in [-0.3, -0.25) is 4.98 Å². The predicted molar refractivity (Wildman–Crippen MR) is 125 cm³/mol. The van der Waals surface area contributed by atoms with Crippen LogP contribution in [0.3, 0.4) is 0 Å². The van der Waals surface area contributed by atoms with Gasteiger partial charge in [-0.25, -0.2) is 9.79 Å². The first-order valence-electron chi connectivity index (χ1n) is 10.6. The summed E-state index contributed by atoms with van der Waals surface area (Å²) in [5.74, 6) is -2.16. The molecule has 0 fully saturated rings. The third-order valence-corrected chi connectivity index (χ3v) is 5.87. The lowest BCUT2D eigenvalue weighted by Crippen LogP contribution is -2.28. The van der Waals surface area contributed by atoms with Gasteiger partial charge in [-0.05, 0) is 52.1 Å². The van der Waals surface area contributed by atoms with E-state index in [-0.39, 0.29) is 5.75 Å². The van der Waals surface area contributed by atoms with E-state index >= 15 is 0 Å². The molecule has 1 aliphatic rings. The third-order valence-electron chi connectivity index (χ3n) is 5.87. The molecule has 1 aromatic heterocycles. The number of aliphatic imine (C=N–C) groups is 1. The van der Waals surface area contributed by atoms with E-state index in [1.807, 2.05) is 60.7 Å². The van der Waals surface area contributed by atoms with Gasteiger partial charge in [-0.15, -0.1) is 0 Å². The number of amidine groups is 1. The lowest BCUT2D eigenvalue weighted by molar-refractivity contribution is -0.189. The number of ether oxygens (including phenoxy) is 1. The monoisotopic (exact) mass is 473 g/mol. The number of carbonyl (C=O) groups is 1. The average Bonchev–Trinajstić information content (AvgIpc) is 3.18. The SMILES string of the molecule is NC1=NC(c2ccc(OC(=O)C(F)(F)F)cc2)(c2cccc(-c3cccnc3)c2)c2ccccc21. The van der Waals surface area contributed by atoms with Crippen LogP contribution in [0, 0.1) is 0 Å². The van der Waals surface area contributed by atoms with Gasteiger partial charge in [0.15, 0.2) is 0 Å². The highest BCUT2D eigenvalue weighted by atomic mass is 19.4. The molecule has 5 nitrogen and oxygen atoms in total. The van der Waals surface area contributed by atoms with Crippen molar-refractivity contribution in [1.82, 2.24) is 4.98 Å². The van der Waals surface area contributed by atoms with Crippen LogP contribution >= 0.6 is 0 Å². The summed E-state index contributed by atoms with van der Waals surface area (Å²) in [5.41, 5.74) is 10.2. The highest BCUT2D eigenvalue weighted by molar-refractivity contribution is 6.03. The minimum atomic E-state index is -5.09. The maximum Gasteiger partial charge on any atom is 0.491 e.